The average Bonchev–Trinajstić information content (AvgIpc) is 3.47. The van der Waals surface area contributed by atoms with Gasteiger partial charge in [0, 0.05) is 30.6 Å². The third-order valence-electron chi connectivity index (χ3n) is 12.0. The third-order valence-corrected chi connectivity index (χ3v) is 12.0. The molecule has 0 aromatic carbocycles. The van der Waals surface area contributed by atoms with E-state index in [1.807, 2.05) is 61.5 Å². The molecular weight excluding hydrogens is 667 g/mol. The Morgan fingerprint density at radius 2 is 1.60 bits per heavy atom. The molecule has 52 heavy (non-hydrogen) atoms. The molecule has 0 saturated carbocycles. The molecule has 0 aromatic rings. The number of hydrogen-bond acceptors (Lipinski definition) is 8. The van der Waals surface area contributed by atoms with Crippen LogP contribution in [-0.2, 0) is 33.5 Å². The fourth-order valence-corrected chi connectivity index (χ4v) is 9.03. The van der Waals surface area contributed by atoms with Crippen LogP contribution >= 0.6 is 0 Å². The molecule has 4 aliphatic rings. The van der Waals surface area contributed by atoms with Crippen molar-refractivity contribution in [1.82, 2.24) is 0 Å². The van der Waals surface area contributed by atoms with Crippen LogP contribution in [0.25, 0.3) is 0 Å². The molecule has 4 rings (SSSR count). The minimum atomic E-state index is -1.59. The summed E-state index contributed by atoms with van der Waals surface area (Å²) in [7, 11) is 0. The topological polar surface area (TPSA) is 121 Å². The monoisotopic (exact) mass is 743 g/mol. The molecule has 10 heteroatoms. The molecule has 13 atom stereocenters. The number of Topliss-reactive ketones (excluding diaryl/α,β-unsaturated/α-hetero) is 1. The molecule has 0 aliphatic carbocycles. The molecule has 3 fully saturated rings. The Morgan fingerprint density at radius 1 is 0.923 bits per heavy atom. The lowest BCUT2D eigenvalue weighted by Crippen LogP contribution is -2.53. The number of hydrogen-bond donors (Lipinski definition) is 2. The van der Waals surface area contributed by atoms with E-state index < -0.39 is 35.2 Å². The maximum atomic E-state index is 14.5. The lowest BCUT2D eigenvalue weighted by molar-refractivity contribution is -0.418. The second-order valence-electron chi connectivity index (χ2n) is 16.0. The lowest BCUT2D eigenvalue weighted by Gasteiger charge is -2.45. The highest BCUT2D eigenvalue weighted by atomic mass is 19.3. The van der Waals surface area contributed by atoms with Crippen LogP contribution in [0, 0.1) is 35.5 Å². The Balaban J connectivity index is 0.00000226. The van der Waals surface area contributed by atoms with Gasteiger partial charge in [0.25, 0.3) is 0 Å². The smallest absolute Gasteiger partial charge is 0.309 e. The van der Waals surface area contributed by atoms with Crippen LogP contribution in [0.2, 0.25) is 0 Å². The van der Waals surface area contributed by atoms with E-state index in [1.54, 1.807) is 6.08 Å². The van der Waals surface area contributed by atoms with Crippen molar-refractivity contribution in [2.45, 2.75) is 201 Å². The predicted molar refractivity (Wildman–Crippen MR) is 202 cm³/mol. The Bertz CT molecular complexity index is 1100. The normalized spacial score (nSPS) is 35.2. The van der Waals surface area contributed by atoms with Crippen molar-refractivity contribution < 1.29 is 48.2 Å². The first-order valence-corrected chi connectivity index (χ1v) is 20.8. The first kappa shape index (κ1) is 46.7. The van der Waals surface area contributed by atoms with Crippen LogP contribution in [-0.4, -0.2) is 70.2 Å². The number of halogens is 1. The van der Waals surface area contributed by atoms with Crippen LogP contribution in [0.3, 0.4) is 0 Å². The van der Waals surface area contributed by atoms with Gasteiger partial charge in [0.2, 0.25) is 5.79 Å². The van der Waals surface area contributed by atoms with E-state index >= 15 is 0 Å². The summed E-state index contributed by atoms with van der Waals surface area (Å²) in [4.78, 5) is 30.1. The average molecular weight is 743 g/mol. The third kappa shape index (κ3) is 11.8. The molecule has 0 bridgehead atoms. The molecule has 9 nitrogen and oxygen atoms in total. The van der Waals surface area contributed by atoms with Crippen LogP contribution in [0.5, 0.6) is 0 Å². The summed E-state index contributed by atoms with van der Waals surface area (Å²) in [6, 6.07) is 0. The summed E-state index contributed by atoms with van der Waals surface area (Å²) in [6.07, 6.45) is 11.6. The quantitative estimate of drug-likeness (QED) is 0.149. The predicted octanol–water partition coefficient (Wildman–Crippen LogP) is 9.78. The Labute approximate surface area is 315 Å². The fourth-order valence-electron chi connectivity index (χ4n) is 9.03. The van der Waals surface area contributed by atoms with Crippen molar-refractivity contribution >= 4 is 11.8 Å². The summed E-state index contributed by atoms with van der Waals surface area (Å²) >= 11 is 0. The summed E-state index contributed by atoms with van der Waals surface area (Å²) in [6.45, 7) is 22.4. The van der Waals surface area contributed by atoms with Gasteiger partial charge in [-0.3, -0.25) is 9.59 Å². The van der Waals surface area contributed by atoms with E-state index in [0.717, 1.165) is 25.7 Å². The number of aliphatic hydroxyl groups excluding tert-OH is 1. The van der Waals surface area contributed by atoms with E-state index in [2.05, 4.69) is 25.7 Å². The minimum absolute atomic E-state index is 0.0409. The van der Waals surface area contributed by atoms with Crippen LogP contribution in [0.4, 0.5) is 4.53 Å². The van der Waals surface area contributed by atoms with Crippen molar-refractivity contribution in [3.05, 3.63) is 12.2 Å². The number of rotatable bonds is 16. The second kappa shape index (κ2) is 21.6. The first-order chi connectivity index (χ1) is 24.7. The van der Waals surface area contributed by atoms with E-state index in [-0.39, 0.29) is 60.3 Å². The van der Waals surface area contributed by atoms with Gasteiger partial charge < -0.3 is 29.2 Å². The highest BCUT2D eigenvalue weighted by Crippen LogP contribution is 2.51. The SMILES string of the molecule is CC.CC.CCC(CC(C)CC(C)C1(OF)C=CCC2(CC[C@@](C)(C3CCC(O)CO3)O2)O1)C(=O)C(C)CC(C)C1CCCC(C(CC)C(=O)O)O1. The maximum absolute atomic E-state index is 14.5. The number of aliphatic carboxylic acids is 1. The number of ether oxygens (including phenoxy) is 4. The largest absolute Gasteiger partial charge is 0.481 e. The molecule has 2 N–H and O–H groups in total. The molecule has 4 heterocycles. The van der Waals surface area contributed by atoms with Gasteiger partial charge in [-0.15, -0.1) is 0 Å². The molecular formula is C42H75FO9. The van der Waals surface area contributed by atoms with Crippen LogP contribution < -0.4 is 0 Å². The lowest BCUT2D eigenvalue weighted by atomic mass is 9.78. The molecule has 3 saturated heterocycles. The van der Waals surface area contributed by atoms with Crippen molar-refractivity contribution in [2.75, 3.05) is 6.61 Å². The minimum Gasteiger partial charge on any atom is -0.481 e. The second-order valence-corrected chi connectivity index (χ2v) is 16.0. The number of aliphatic hydroxyl groups is 1. The molecule has 4 aliphatic heterocycles. The van der Waals surface area contributed by atoms with Gasteiger partial charge in [-0.05, 0) is 100.0 Å². The summed E-state index contributed by atoms with van der Waals surface area (Å²) in [5, 5.41) is 19.5. The van der Waals surface area contributed by atoms with Gasteiger partial charge in [-0.2, -0.15) is 4.94 Å². The zero-order chi connectivity index (χ0) is 39.3. The van der Waals surface area contributed by atoms with E-state index in [1.165, 1.54) is 0 Å². The first-order valence-electron chi connectivity index (χ1n) is 20.8. The van der Waals surface area contributed by atoms with Gasteiger partial charge >= 0.3 is 5.97 Å². The van der Waals surface area contributed by atoms with E-state index in [9.17, 15) is 24.3 Å². The van der Waals surface area contributed by atoms with Crippen molar-refractivity contribution in [3.8, 4) is 0 Å². The van der Waals surface area contributed by atoms with Gasteiger partial charge in [-0.25, -0.2) is 0 Å². The fraction of sp³-hybridized carbons (Fsp3) is 0.905. The van der Waals surface area contributed by atoms with E-state index in [0.29, 0.717) is 57.8 Å². The Kier molecular flexibility index (Phi) is 19.4. The highest BCUT2D eigenvalue weighted by Gasteiger charge is 2.57. The number of ketones is 1. The summed E-state index contributed by atoms with van der Waals surface area (Å²) < 4.78 is 39.9. The van der Waals surface area contributed by atoms with Crippen LogP contribution in [0.1, 0.15) is 160 Å². The Hall–Kier alpha value is -1.43. The van der Waals surface area contributed by atoms with E-state index in [4.69, 9.17) is 18.9 Å². The number of carbonyl (C=O) groups is 2. The number of carboxylic acid groups (broad SMARTS) is 1. The molecule has 0 amide bonds. The molecule has 0 radical (unpaired) electrons. The van der Waals surface area contributed by atoms with Crippen LogP contribution in [0.15, 0.2) is 12.2 Å². The molecule has 1 spiro atoms. The molecule has 12 unspecified atom stereocenters. The van der Waals surface area contributed by atoms with Gasteiger partial charge in [0.05, 0.1) is 42.5 Å². The zero-order valence-electron chi connectivity index (χ0n) is 34.5. The number of carbonyl (C=O) groups excluding carboxylic acids is 1. The Morgan fingerprint density at radius 3 is 2.17 bits per heavy atom. The van der Waals surface area contributed by atoms with Gasteiger partial charge in [0.15, 0.2) is 5.79 Å². The van der Waals surface area contributed by atoms with Crippen molar-refractivity contribution in [1.29, 1.82) is 0 Å². The summed E-state index contributed by atoms with van der Waals surface area (Å²) in [5.74, 6) is -4.01. The van der Waals surface area contributed by atoms with Gasteiger partial charge in [0.1, 0.15) is 5.78 Å². The van der Waals surface area contributed by atoms with Gasteiger partial charge in [-0.1, -0.05) is 75.3 Å². The van der Waals surface area contributed by atoms with Crippen molar-refractivity contribution in [3.63, 3.8) is 0 Å². The zero-order valence-corrected chi connectivity index (χ0v) is 34.5. The highest BCUT2D eigenvalue weighted by molar-refractivity contribution is 5.83. The maximum Gasteiger partial charge on any atom is 0.309 e. The molecule has 0 aromatic heterocycles. The number of carboxylic acids is 1. The summed E-state index contributed by atoms with van der Waals surface area (Å²) in [5.41, 5.74) is -0.603. The molecule has 304 valence electrons. The van der Waals surface area contributed by atoms with Crippen molar-refractivity contribution in [2.24, 2.45) is 35.5 Å². The standard InChI is InChI=1S/C38H63FO9.2C2H6/c1-8-28(34(41)26(5)22-25(4)31-12-10-13-32(45-31)30(9-2)35(42)43)21-24(3)20-27(6)38(48-39)17-11-16-37(47-38)19-18-36(7,46-37)33-15-14-29(40)23-44-33;2*1-2/h11,17,24-33,40H,8-10,12-16,18-23H2,1-7H3,(H,42,43);2*1-2H3/t24?,25?,26?,27?,28?,29?,30?,31?,32?,33?,36-,37?,38?;;/m0../s1.